The van der Waals surface area contributed by atoms with E-state index < -0.39 is 0 Å². The van der Waals surface area contributed by atoms with Crippen LogP contribution in [-0.2, 0) is 0 Å². The molecule has 2 aliphatic rings. The molecule has 4 rings (SSSR count). The van der Waals surface area contributed by atoms with Crippen molar-refractivity contribution in [3.8, 4) is 0 Å². The monoisotopic (exact) mass is 396 g/mol. The Bertz CT molecular complexity index is 745. The third-order valence-electron chi connectivity index (χ3n) is 5.29. The number of rotatable bonds is 6. The summed E-state index contributed by atoms with van der Waals surface area (Å²) < 4.78 is 1.89. The Morgan fingerprint density at radius 2 is 1.96 bits per heavy atom. The molecule has 2 aromatic rings. The van der Waals surface area contributed by atoms with E-state index in [0.29, 0.717) is 22.0 Å². The zero-order valence-corrected chi connectivity index (χ0v) is 15.9. The molecule has 0 radical (unpaired) electrons. The second-order valence-electron chi connectivity index (χ2n) is 7.24. The van der Waals surface area contributed by atoms with E-state index >= 15 is 0 Å². The van der Waals surface area contributed by atoms with Gasteiger partial charge in [-0.1, -0.05) is 29.6 Å². The largest absolute Gasteiger partial charge is 0.396 e. The lowest BCUT2D eigenvalue weighted by molar-refractivity contribution is 0.167. The van der Waals surface area contributed by atoms with Crippen molar-refractivity contribution in [2.45, 2.75) is 56.7 Å². The predicted octanol–water partition coefficient (Wildman–Crippen LogP) is 2.94. The summed E-state index contributed by atoms with van der Waals surface area (Å²) in [4.78, 5) is 4.07. The van der Waals surface area contributed by atoms with E-state index in [0.717, 1.165) is 49.9 Å². The average Bonchev–Trinajstić information content (AvgIpc) is 3.37. The third-order valence-corrected chi connectivity index (χ3v) is 5.89. The molecule has 0 aliphatic heterocycles. The number of halogens is 2. The molecular formula is C17H22Cl2N6O. The molecule has 1 unspecified atom stereocenters. The second kappa shape index (κ2) is 7.76. The van der Waals surface area contributed by atoms with Crippen LogP contribution < -0.4 is 5.32 Å². The van der Waals surface area contributed by atoms with E-state index in [1.807, 2.05) is 4.68 Å². The summed E-state index contributed by atoms with van der Waals surface area (Å²) in [5, 5.41) is 26.6. The maximum atomic E-state index is 9.54. The van der Waals surface area contributed by atoms with Crippen molar-refractivity contribution >= 4 is 23.2 Å². The molecule has 9 heteroatoms. The summed E-state index contributed by atoms with van der Waals surface area (Å²) in [5.74, 6) is 1.05. The number of hydrogen-bond donors (Lipinski definition) is 2. The van der Waals surface area contributed by atoms with Crippen LogP contribution in [0.2, 0.25) is 10.0 Å². The Kier molecular flexibility index (Phi) is 5.40. The molecular weight excluding hydrogens is 375 g/mol. The van der Waals surface area contributed by atoms with Gasteiger partial charge >= 0.3 is 0 Å². The van der Waals surface area contributed by atoms with Crippen LogP contribution in [0.4, 0.5) is 0 Å². The lowest BCUT2D eigenvalue weighted by Crippen LogP contribution is -2.39. The van der Waals surface area contributed by atoms with Crippen LogP contribution in [0.3, 0.4) is 0 Å². The Morgan fingerprint density at radius 1 is 1.19 bits per heavy atom. The Hall–Kier alpha value is -1.28. The van der Waals surface area contributed by atoms with Gasteiger partial charge in [0.1, 0.15) is 0 Å². The molecule has 2 aliphatic carbocycles. The van der Waals surface area contributed by atoms with Crippen molar-refractivity contribution in [1.82, 2.24) is 30.5 Å². The van der Waals surface area contributed by atoms with Gasteiger partial charge in [0.05, 0.1) is 22.1 Å². The zero-order valence-electron chi connectivity index (χ0n) is 14.4. The molecule has 2 heterocycles. The van der Waals surface area contributed by atoms with Crippen molar-refractivity contribution in [3.63, 3.8) is 0 Å². The first-order valence-electron chi connectivity index (χ1n) is 9.11. The molecule has 3 atom stereocenters. The van der Waals surface area contributed by atoms with Crippen LogP contribution in [0.15, 0.2) is 12.4 Å². The number of aliphatic hydroxyl groups is 1. The van der Waals surface area contributed by atoms with E-state index in [1.54, 1.807) is 12.4 Å². The molecule has 26 heavy (non-hydrogen) atoms. The molecule has 0 bridgehead atoms. The average molecular weight is 397 g/mol. The molecule has 140 valence electrons. The summed E-state index contributed by atoms with van der Waals surface area (Å²) in [5.41, 5.74) is 0.756. The molecule has 0 spiro atoms. The fourth-order valence-corrected chi connectivity index (χ4v) is 4.38. The van der Waals surface area contributed by atoms with E-state index in [2.05, 4.69) is 25.8 Å². The van der Waals surface area contributed by atoms with E-state index in [4.69, 9.17) is 23.2 Å². The highest BCUT2D eigenvalue weighted by atomic mass is 35.5. The van der Waals surface area contributed by atoms with Gasteiger partial charge in [-0.05, 0) is 48.4 Å². The van der Waals surface area contributed by atoms with Gasteiger partial charge in [0.2, 0.25) is 0 Å². The Labute approximate surface area is 162 Å². The SMILES string of the molecule is OC[C@@H]1CCC[C@H](NC(c2c(Cl)cncc2Cl)c2nnnn2C2CC2)C1. The van der Waals surface area contributed by atoms with Gasteiger partial charge in [0, 0.05) is 30.6 Å². The van der Waals surface area contributed by atoms with Crippen LogP contribution in [0.1, 0.15) is 62.0 Å². The first-order chi connectivity index (χ1) is 12.7. The van der Waals surface area contributed by atoms with Crippen LogP contribution in [-0.4, -0.2) is 42.9 Å². The first-order valence-corrected chi connectivity index (χ1v) is 9.86. The lowest BCUT2D eigenvalue weighted by Gasteiger charge is -2.32. The quantitative estimate of drug-likeness (QED) is 0.779. The smallest absolute Gasteiger partial charge is 0.173 e. The number of pyridine rings is 1. The highest BCUT2D eigenvalue weighted by Gasteiger charge is 2.35. The van der Waals surface area contributed by atoms with Gasteiger partial charge in [-0.2, -0.15) is 0 Å². The molecule has 2 fully saturated rings. The van der Waals surface area contributed by atoms with Gasteiger partial charge in [-0.25, -0.2) is 4.68 Å². The van der Waals surface area contributed by atoms with Crippen LogP contribution in [0.25, 0.3) is 0 Å². The van der Waals surface area contributed by atoms with Crippen molar-refractivity contribution in [2.24, 2.45) is 5.92 Å². The number of nitrogens with zero attached hydrogens (tertiary/aromatic N) is 5. The fraction of sp³-hybridized carbons (Fsp3) is 0.647. The maximum Gasteiger partial charge on any atom is 0.173 e. The molecule has 0 aromatic carbocycles. The minimum absolute atomic E-state index is 0.222. The molecule has 2 aromatic heterocycles. The standard InChI is InChI=1S/C17H22Cl2N6O/c18-13-7-20-8-14(19)15(13)16(17-22-23-24-25(17)12-4-5-12)21-11-3-1-2-10(6-11)9-26/h7-8,10-12,16,21,26H,1-6,9H2/t10-,11+,16?/m1/s1. The van der Waals surface area contributed by atoms with Gasteiger partial charge in [0.15, 0.2) is 5.82 Å². The zero-order chi connectivity index (χ0) is 18.1. The molecule has 7 nitrogen and oxygen atoms in total. The number of tetrazole rings is 1. The number of aromatic nitrogens is 5. The summed E-state index contributed by atoms with van der Waals surface area (Å²) in [6.45, 7) is 0.222. The molecule has 0 amide bonds. The van der Waals surface area contributed by atoms with Gasteiger partial charge in [-0.15, -0.1) is 5.10 Å². The van der Waals surface area contributed by atoms with Gasteiger partial charge in [-0.3, -0.25) is 4.98 Å². The highest BCUT2D eigenvalue weighted by molar-refractivity contribution is 6.35. The maximum absolute atomic E-state index is 9.54. The Balaban J connectivity index is 1.68. The van der Waals surface area contributed by atoms with E-state index in [-0.39, 0.29) is 18.7 Å². The summed E-state index contributed by atoms with van der Waals surface area (Å²) >= 11 is 12.9. The number of nitrogens with one attached hydrogen (secondary N) is 1. The normalized spacial score (nSPS) is 24.6. The Morgan fingerprint density at radius 3 is 2.65 bits per heavy atom. The van der Waals surface area contributed by atoms with Crippen LogP contribution in [0.5, 0.6) is 0 Å². The van der Waals surface area contributed by atoms with Crippen molar-refractivity contribution in [2.75, 3.05) is 6.61 Å². The molecule has 0 saturated heterocycles. The third kappa shape index (κ3) is 3.71. The van der Waals surface area contributed by atoms with Gasteiger partial charge < -0.3 is 10.4 Å². The summed E-state index contributed by atoms with van der Waals surface area (Å²) in [7, 11) is 0. The second-order valence-corrected chi connectivity index (χ2v) is 8.06. The number of hydrogen-bond acceptors (Lipinski definition) is 6. The van der Waals surface area contributed by atoms with Crippen molar-refractivity contribution in [1.29, 1.82) is 0 Å². The van der Waals surface area contributed by atoms with Gasteiger partial charge in [0.25, 0.3) is 0 Å². The van der Waals surface area contributed by atoms with Crippen molar-refractivity contribution in [3.05, 3.63) is 33.8 Å². The highest BCUT2D eigenvalue weighted by Crippen LogP contribution is 2.39. The summed E-state index contributed by atoms with van der Waals surface area (Å²) in [6.07, 6.45) is 9.46. The molecule has 2 N–H and O–H groups in total. The summed E-state index contributed by atoms with van der Waals surface area (Å²) in [6, 6.07) is 0.284. The van der Waals surface area contributed by atoms with Crippen molar-refractivity contribution < 1.29 is 5.11 Å². The lowest BCUT2D eigenvalue weighted by atomic mass is 9.85. The van der Waals surface area contributed by atoms with E-state index in [1.165, 1.54) is 0 Å². The topological polar surface area (TPSA) is 88.8 Å². The minimum Gasteiger partial charge on any atom is -0.396 e. The van der Waals surface area contributed by atoms with Crippen LogP contribution in [0, 0.1) is 5.92 Å². The van der Waals surface area contributed by atoms with Crippen LogP contribution >= 0.6 is 23.2 Å². The number of aliphatic hydroxyl groups excluding tert-OH is 1. The first kappa shape index (κ1) is 18.1. The van der Waals surface area contributed by atoms with E-state index in [9.17, 15) is 5.11 Å². The molecule has 2 saturated carbocycles. The fourth-order valence-electron chi connectivity index (χ4n) is 3.80. The predicted molar refractivity (Wildman–Crippen MR) is 98.2 cm³/mol. The minimum atomic E-state index is -0.309.